The normalized spacial score (nSPS) is 25.9. The second-order valence-corrected chi connectivity index (χ2v) is 7.16. The van der Waals surface area contributed by atoms with Crippen LogP contribution >= 0.6 is 11.8 Å². The predicted octanol–water partition coefficient (Wildman–Crippen LogP) is 4.18. The van der Waals surface area contributed by atoms with E-state index in [2.05, 4.69) is 18.8 Å². The quantitative estimate of drug-likeness (QED) is 0.591. The van der Waals surface area contributed by atoms with Crippen molar-refractivity contribution in [1.82, 2.24) is 0 Å². The van der Waals surface area contributed by atoms with Crippen LogP contribution < -0.4 is 0 Å². The van der Waals surface area contributed by atoms with Gasteiger partial charge in [0.15, 0.2) is 5.78 Å². The minimum Gasteiger partial charge on any atom is -0.511 e. The van der Waals surface area contributed by atoms with Crippen LogP contribution in [0, 0.1) is 5.92 Å². The third-order valence-corrected chi connectivity index (χ3v) is 4.78. The number of Topliss-reactive ketones (excluding diaryl/α,β-unsaturated/α-hetero) is 1. The average Bonchev–Trinajstić information content (AvgIpc) is 2.38. The number of aliphatic hydroxyl groups is 1. The predicted molar refractivity (Wildman–Crippen MR) is 87.9 cm³/mol. The molecule has 0 amide bonds. The SMILES string of the molecule is CCCC(O)=C1C(=O)C[C@H](C[C@@H](C)SCC)CC1=NC. The molecule has 2 atom stereocenters. The van der Waals surface area contributed by atoms with Crippen molar-refractivity contribution in [1.29, 1.82) is 0 Å². The number of allylic oxidation sites excluding steroid dienone is 2. The molecule has 0 saturated heterocycles. The van der Waals surface area contributed by atoms with Gasteiger partial charge in [-0.1, -0.05) is 20.8 Å². The number of hydrogen-bond donors (Lipinski definition) is 1. The van der Waals surface area contributed by atoms with E-state index in [4.69, 9.17) is 0 Å². The van der Waals surface area contributed by atoms with E-state index < -0.39 is 0 Å². The van der Waals surface area contributed by atoms with Gasteiger partial charge in [0.25, 0.3) is 0 Å². The van der Waals surface area contributed by atoms with Gasteiger partial charge in [0, 0.05) is 30.9 Å². The van der Waals surface area contributed by atoms with Crippen molar-refractivity contribution >= 4 is 23.3 Å². The Morgan fingerprint density at radius 1 is 1.45 bits per heavy atom. The third-order valence-electron chi connectivity index (χ3n) is 3.69. The molecule has 0 aliphatic heterocycles. The minimum absolute atomic E-state index is 0.0708. The molecular formula is C16H27NO2S. The largest absolute Gasteiger partial charge is 0.511 e. The highest BCUT2D eigenvalue weighted by molar-refractivity contribution is 7.99. The number of carbonyl (C=O) groups excluding carboxylic acids is 1. The smallest absolute Gasteiger partial charge is 0.168 e. The molecule has 3 nitrogen and oxygen atoms in total. The maximum atomic E-state index is 12.3. The van der Waals surface area contributed by atoms with Crippen molar-refractivity contribution in [3.63, 3.8) is 0 Å². The van der Waals surface area contributed by atoms with Crippen molar-refractivity contribution in [2.45, 2.75) is 58.1 Å². The summed E-state index contributed by atoms with van der Waals surface area (Å²) in [5.41, 5.74) is 1.30. The zero-order chi connectivity index (χ0) is 15.1. The molecule has 0 unspecified atom stereocenters. The molecule has 114 valence electrons. The number of aliphatic hydroxyl groups excluding tert-OH is 1. The summed E-state index contributed by atoms with van der Waals surface area (Å²) in [7, 11) is 1.72. The molecular weight excluding hydrogens is 270 g/mol. The molecule has 1 saturated carbocycles. The van der Waals surface area contributed by atoms with Crippen LogP contribution in [0.1, 0.15) is 52.9 Å². The number of hydrogen-bond acceptors (Lipinski definition) is 4. The van der Waals surface area contributed by atoms with E-state index in [0.29, 0.717) is 29.6 Å². The maximum Gasteiger partial charge on any atom is 0.168 e. The second kappa shape index (κ2) is 8.50. The van der Waals surface area contributed by atoms with Gasteiger partial charge in [-0.05, 0) is 30.9 Å². The summed E-state index contributed by atoms with van der Waals surface area (Å²) in [5.74, 6) is 1.78. The Bertz CT molecular complexity index is 401. The molecule has 1 aliphatic carbocycles. The highest BCUT2D eigenvalue weighted by atomic mass is 32.2. The lowest BCUT2D eigenvalue weighted by Crippen LogP contribution is -2.29. The molecule has 20 heavy (non-hydrogen) atoms. The lowest BCUT2D eigenvalue weighted by atomic mass is 9.80. The zero-order valence-corrected chi connectivity index (χ0v) is 13.9. The summed E-state index contributed by atoms with van der Waals surface area (Å²) >= 11 is 1.94. The van der Waals surface area contributed by atoms with E-state index in [1.54, 1.807) is 7.05 Å². The van der Waals surface area contributed by atoms with E-state index in [1.807, 2.05) is 18.7 Å². The molecule has 1 fully saturated rings. The number of ketones is 1. The maximum absolute atomic E-state index is 12.3. The van der Waals surface area contributed by atoms with E-state index in [0.717, 1.165) is 30.7 Å². The van der Waals surface area contributed by atoms with Gasteiger partial charge in [0.05, 0.1) is 5.57 Å². The van der Waals surface area contributed by atoms with Crippen LogP contribution in [0.15, 0.2) is 16.3 Å². The third kappa shape index (κ3) is 4.65. The molecule has 0 aromatic heterocycles. The van der Waals surface area contributed by atoms with E-state index >= 15 is 0 Å². The molecule has 1 rings (SSSR count). The number of rotatable bonds is 6. The number of thioether (sulfide) groups is 1. The topological polar surface area (TPSA) is 49.7 Å². The Kier molecular flexibility index (Phi) is 7.35. The molecule has 0 spiro atoms. The summed E-state index contributed by atoms with van der Waals surface area (Å²) < 4.78 is 0. The Balaban J connectivity index is 2.81. The van der Waals surface area contributed by atoms with Gasteiger partial charge in [0.2, 0.25) is 0 Å². The van der Waals surface area contributed by atoms with Crippen LogP contribution in [0.2, 0.25) is 0 Å². The Hall–Kier alpha value is -0.770. The molecule has 4 heteroatoms. The molecule has 1 N–H and O–H groups in total. The van der Waals surface area contributed by atoms with Crippen LogP contribution in [-0.4, -0.2) is 34.7 Å². The first-order valence-corrected chi connectivity index (χ1v) is 8.61. The summed E-state index contributed by atoms with van der Waals surface area (Å²) in [4.78, 5) is 16.6. The van der Waals surface area contributed by atoms with Gasteiger partial charge in [-0.25, -0.2) is 0 Å². The van der Waals surface area contributed by atoms with Gasteiger partial charge in [-0.2, -0.15) is 11.8 Å². The lowest BCUT2D eigenvalue weighted by Gasteiger charge is -2.27. The highest BCUT2D eigenvalue weighted by Crippen LogP contribution is 2.31. The fourth-order valence-corrected chi connectivity index (χ4v) is 3.83. The summed E-state index contributed by atoms with van der Waals surface area (Å²) in [5, 5.41) is 10.6. The standard InChI is InChI=1S/C16H27NO2S/c1-5-7-14(18)16-13(17-4)9-12(10-15(16)19)8-11(3)20-6-2/h11-12,18H,5-10H2,1-4H3/t11-,12-/m1/s1. The van der Waals surface area contributed by atoms with Gasteiger partial charge >= 0.3 is 0 Å². The van der Waals surface area contributed by atoms with Crippen molar-refractivity contribution < 1.29 is 9.90 Å². The number of carbonyl (C=O) groups is 1. The number of nitrogens with zero attached hydrogens (tertiary/aromatic N) is 1. The van der Waals surface area contributed by atoms with E-state index in [-0.39, 0.29) is 11.5 Å². The average molecular weight is 297 g/mol. The fraction of sp³-hybridized carbons (Fsp3) is 0.750. The molecule has 0 radical (unpaired) electrons. The lowest BCUT2D eigenvalue weighted by molar-refractivity contribution is -0.116. The van der Waals surface area contributed by atoms with E-state index in [9.17, 15) is 9.90 Å². The molecule has 1 aliphatic rings. The monoisotopic (exact) mass is 297 g/mol. The minimum atomic E-state index is 0.0708. The van der Waals surface area contributed by atoms with Crippen LogP contribution in [0.3, 0.4) is 0 Å². The Labute approximate surface area is 126 Å². The van der Waals surface area contributed by atoms with Crippen molar-refractivity contribution in [2.75, 3.05) is 12.8 Å². The van der Waals surface area contributed by atoms with Crippen LogP contribution in [0.5, 0.6) is 0 Å². The first kappa shape index (κ1) is 17.3. The van der Waals surface area contributed by atoms with E-state index in [1.165, 1.54) is 0 Å². The Morgan fingerprint density at radius 3 is 2.70 bits per heavy atom. The summed E-state index contributed by atoms with van der Waals surface area (Å²) in [6.45, 7) is 6.39. The van der Waals surface area contributed by atoms with Crippen molar-refractivity contribution in [2.24, 2.45) is 10.9 Å². The van der Waals surface area contributed by atoms with Gasteiger partial charge < -0.3 is 5.11 Å². The highest BCUT2D eigenvalue weighted by Gasteiger charge is 2.31. The molecule has 0 heterocycles. The van der Waals surface area contributed by atoms with Crippen LogP contribution in [0.4, 0.5) is 0 Å². The molecule has 0 bridgehead atoms. The molecule has 0 aromatic carbocycles. The fourth-order valence-electron chi connectivity index (χ4n) is 2.85. The van der Waals surface area contributed by atoms with Crippen molar-refractivity contribution in [3.8, 4) is 0 Å². The van der Waals surface area contributed by atoms with Gasteiger partial charge in [-0.15, -0.1) is 0 Å². The van der Waals surface area contributed by atoms with Crippen molar-refractivity contribution in [3.05, 3.63) is 11.3 Å². The van der Waals surface area contributed by atoms with Gasteiger partial charge in [0.1, 0.15) is 5.76 Å². The van der Waals surface area contributed by atoms with Gasteiger partial charge in [-0.3, -0.25) is 9.79 Å². The first-order valence-electron chi connectivity index (χ1n) is 7.56. The second-order valence-electron chi connectivity index (χ2n) is 5.44. The Morgan fingerprint density at radius 2 is 2.15 bits per heavy atom. The van der Waals surface area contributed by atoms with Crippen LogP contribution in [0.25, 0.3) is 0 Å². The molecule has 0 aromatic rings. The number of aliphatic imine (C=N–C) groups is 1. The summed E-state index contributed by atoms with van der Waals surface area (Å²) in [6, 6.07) is 0. The van der Waals surface area contributed by atoms with Crippen LogP contribution in [-0.2, 0) is 4.79 Å². The first-order chi connectivity index (χ1) is 9.53. The summed E-state index contributed by atoms with van der Waals surface area (Å²) in [6.07, 6.45) is 3.82. The zero-order valence-electron chi connectivity index (χ0n) is 13.1.